The van der Waals surface area contributed by atoms with Crippen LogP contribution < -0.4 is 5.73 Å². The molecule has 2 atom stereocenters. The largest absolute Gasteiger partial charge is 0.398 e. The van der Waals surface area contributed by atoms with E-state index in [1.807, 2.05) is 0 Å². The fourth-order valence-electron chi connectivity index (χ4n) is 1.16. The molecule has 0 aliphatic carbocycles. The van der Waals surface area contributed by atoms with Crippen LogP contribution in [0, 0.1) is 0 Å². The fourth-order valence-corrected chi connectivity index (χ4v) is 1.65. The summed E-state index contributed by atoms with van der Waals surface area (Å²) < 4.78 is 0. The number of rotatable bonds is 3. The van der Waals surface area contributed by atoms with Crippen molar-refractivity contribution >= 4 is 29.9 Å². The summed E-state index contributed by atoms with van der Waals surface area (Å²) in [5.74, 6) is 0.145. The molecule has 0 amide bonds. The van der Waals surface area contributed by atoms with Gasteiger partial charge in [0.1, 0.15) is 6.10 Å². The summed E-state index contributed by atoms with van der Waals surface area (Å²) in [6, 6.07) is 4.92. The van der Waals surface area contributed by atoms with Gasteiger partial charge in [0.05, 0.1) is 6.10 Å². The minimum atomic E-state index is -1.10. The predicted molar refractivity (Wildman–Crippen MR) is 60.7 cm³/mol. The van der Waals surface area contributed by atoms with Crippen LogP contribution in [0.2, 0.25) is 5.02 Å². The van der Waals surface area contributed by atoms with Crippen molar-refractivity contribution in [1.29, 1.82) is 0 Å². The number of hydrogen-bond donors (Lipinski definition) is 4. The van der Waals surface area contributed by atoms with E-state index in [4.69, 9.17) is 17.3 Å². The van der Waals surface area contributed by atoms with Crippen LogP contribution in [-0.2, 0) is 0 Å². The molecular formula is C9H12ClNO2S. The second-order valence-corrected chi connectivity index (χ2v) is 3.71. The highest BCUT2D eigenvalue weighted by Gasteiger charge is 2.21. The molecule has 0 saturated heterocycles. The van der Waals surface area contributed by atoms with Crippen LogP contribution >= 0.6 is 24.2 Å². The second-order valence-electron chi connectivity index (χ2n) is 2.94. The average Bonchev–Trinajstić information content (AvgIpc) is 2.16. The maximum atomic E-state index is 9.69. The smallest absolute Gasteiger partial charge is 0.109 e. The van der Waals surface area contributed by atoms with Gasteiger partial charge >= 0.3 is 0 Å². The zero-order valence-electron chi connectivity index (χ0n) is 7.39. The zero-order valence-corrected chi connectivity index (χ0v) is 9.04. The standard InChI is InChI=1S/C9H12ClNO2S/c10-5-2-1-3-6(11)8(5)9(13)7(12)4-14/h1-3,7,9,12-14H,4,11H2. The molecule has 0 aliphatic heterocycles. The van der Waals surface area contributed by atoms with Gasteiger partial charge in [-0.05, 0) is 12.1 Å². The Bertz CT molecular complexity index is 301. The summed E-state index contributed by atoms with van der Waals surface area (Å²) >= 11 is 9.73. The van der Waals surface area contributed by atoms with Crippen LogP contribution in [0.25, 0.3) is 0 Å². The van der Waals surface area contributed by atoms with Gasteiger partial charge in [0.2, 0.25) is 0 Å². The first kappa shape index (κ1) is 11.7. The van der Waals surface area contributed by atoms with Crippen molar-refractivity contribution in [2.75, 3.05) is 11.5 Å². The molecule has 5 heteroatoms. The number of anilines is 1. The summed E-state index contributed by atoms with van der Waals surface area (Å²) in [7, 11) is 0. The van der Waals surface area contributed by atoms with Gasteiger partial charge in [-0.1, -0.05) is 17.7 Å². The monoisotopic (exact) mass is 233 g/mol. The molecule has 2 unspecified atom stereocenters. The van der Waals surface area contributed by atoms with Gasteiger partial charge in [0, 0.05) is 22.0 Å². The fraction of sp³-hybridized carbons (Fsp3) is 0.333. The minimum absolute atomic E-state index is 0.145. The van der Waals surface area contributed by atoms with Crippen molar-refractivity contribution in [3.05, 3.63) is 28.8 Å². The average molecular weight is 234 g/mol. The first-order chi connectivity index (χ1) is 6.57. The third-order valence-electron chi connectivity index (χ3n) is 1.93. The summed E-state index contributed by atoms with van der Waals surface area (Å²) in [5.41, 5.74) is 6.36. The van der Waals surface area contributed by atoms with Crippen LogP contribution in [0.1, 0.15) is 11.7 Å². The Balaban J connectivity index is 3.05. The van der Waals surface area contributed by atoms with E-state index in [0.717, 1.165) is 0 Å². The molecular weight excluding hydrogens is 222 g/mol. The zero-order chi connectivity index (χ0) is 10.7. The topological polar surface area (TPSA) is 66.5 Å². The number of aliphatic hydroxyl groups is 2. The van der Waals surface area contributed by atoms with Crippen molar-refractivity contribution < 1.29 is 10.2 Å². The lowest BCUT2D eigenvalue weighted by Crippen LogP contribution is -2.21. The van der Waals surface area contributed by atoms with E-state index in [0.29, 0.717) is 16.3 Å². The molecule has 0 aromatic heterocycles. The maximum absolute atomic E-state index is 9.69. The molecule has 0 fully saturated rings. The van der Waals surface area contributed by atoms with Gasteiger partial charge in [-0.15, -0.1) is 0 Å². The Hall–Kier alpha value is -0.420. The Morgan fingerprint density at radius 2 is 2.07 bits per heavy atom. The van der Waals surface area contributed by atoms with Gasteiger partial charge in [-0.3, -0.25) is 0 Å². The quantitative estimate of drug-likeness (QED) is 0.469. The number of thiol groups is 1. The highest BCUT2D eigenvalue weighted by Crippen LogP contribution is 2.30. The van der Waals surface area contributed by atoms with E-state index in [1.54, 1.807) is 18.2 Å². The molecule has 1 aromatic rings. The summed E-state index contributed by atoms with van der Waals surface area (Å²) in [5, 5.41) is 19.4. The van der Waals surface area contributed by atoms with E-state index in [9.17, 15) is 10.2 Å². The third-order valence-corrected chi connectivity index (χ3v) is 2.64. The van der Waals surface area contributed by atoms with E-state index in [1.165, 1.54) is 0 Å². The van der Waals surface area contributed by atoms with Crippen LogP contribution in [0.5, 0.6) is 0 Å². The highest BCUT2D eigenvalue weighted by atomic mass is 35.5. The van der Waals surface area contributed by atoms with Gasteiger partial charge in [0.15, 0.2) is 0 Å². The third kappa shape index (κ3) is 2.33. The molecule has 3 nitrogen and oxygen atoms in total. The lowest BCUT2D eigenvalue weighted by Gasteiger charge is -2.18. The second kappa shape index (κ2) is 4.89. The van der Waals surface area contributed by atoms with Gasteiger partial charge in [0.25, 0.3) is 0 Å². The maximum Gasteiger partial charge on any atom is 0.109 e. The summed E-state index contributed by atoms with van der Waals surface area (Å²) in [4.78, 5) is 0. The highest BCUT2D eigenvalue weighted by molar-refractivity contribution is 7.80. The lowest BCUT2D eigenvalue weighted by molar-refractivity contribution is 0.0343. The van der Waals surface area contributed by atoms with Crippen molar-refractivity contribution in [3.63, 3.8) is 0 Å². The normalized spacial score (nSPS) is 15.1. The van der Waals surface area contributed by atoms with Crippen molar-refractivity contribution in [3.8, 4) is 0 Å². The number of nitrogens with two attached hydrogens (primary N) is 1. The molecule has 0 heterocycles. The number of aliphatic hydroxyl groups excluding tert-OH is 2. The minimum Gasteiger partial charge on any atom is -0.398 e. The van der Waals surface area contributed by atoms with Gasteiger partial charge < -0.3 is 15.9 Å². The van der Waals surface area contributed by atoms with E-state index >= 15 is 0 Å². The SMILES string of the molecule is Nc1cccc(Cl)c1C(O)C(O)CS. The van der Waals surface area contributed by atoms with Crippen molar-refractivity contribution in [2.24, 2.45) is 0 Å². The molecule has 1 aromatic carbocycles. The Morgan fingerprint density at radius 3 is 2.57 bits per heavy atom. The van der Waals surface area contributed by atoms with E-state index in [2.05, 4.69) is 12.6 Å². The van der Waals surface area contributed by atoms with Crippen LogP contribution in [0.15, 0.2) is 18.2 Å². The Morgan fingerprint density at radius 1 is 1.43 bits per heavy atom. The Labute approximate surface area is 92.9 Å². The number of hydrogen-bond acceptors (Lipinski definition) is 4. The van der Waals surface area contributed by atoms with Crippen LogP contribution in [0.4, 0.5) is 5.69 Å². The van der Waals surface area contributed by atoms with Crippen molar-refractivity contribution in [2.45, 2.75) is 12.2 Å². The number of halogens is 1. The number of benzene rings is 1. The molecule has 0 aliphatic rings. The molecule has 0 radical (unpaired) electrons. The first-order valence-electron chi connectivity index (χ1n) is 4.08. The molecule has 14 heavy (non-hydrogen) atoms. The number of nitrogen functional groups attached to an aromatic ring is 1. The molecule has 0 spiro atoms. The van der Waals surface area contributed by atoms with Crippen LogP contribution in [-0.4, -0.2) is 22.1 Å². The van der Waals surface area contributed by atoms with E-state index < -0.39 is 12.2 Å². The van der Waals surface area contributed by atoms with E-state index in [-0.39, 0.29) is 5.75 Å². The molecule has 1 rings (SSSR count). The summed E-state index contributed by atoms with van der Waals surface area (Å²) in [6.07, 6.45) is -2.07. The molecule has 0 saturated carbocycles. The molecule has 0 bridgehead atoms. The first-order valence-corrected chi connectivity index (χ1v) is 5.09. The Kier molecular flexibility index (Phi) is 4.07. The molecule has 78 valence electrons. The summed E-state index contributed by atoms with van der Waals surface area (Å²) in [6.45, 7) is 0. The van der Waals surface area contributed by atoms with Gasteiger partial charge in [-0.2, -0.15) is 12.6 Å². The van der Waals surface area contributed by atoms with Gasteiger partial charge in [-0.25, -0.2) is 0 Å². The lowest BCUT2D eigenvalue weighted by atomic mass is 10.0. The van der Waals surface area contributed by atoms with Crippen molar-refractivity contribution in [1.82, 2.24) is 0 Å². The predicted octanol–water partition coefficient (Wildman–Crippen LogP) is 1.25. The van der Waals surface area contributed by atoms with Crippen LogP contribution in [0.3, 0.4) is 0 Å². The molecule has 4 N–H and O–H groups in total.